The van der Waals surface area contributed by atoms with E-state index in [9.17, 15) is 4.79 Å². The van der Waals surface area contributed by atoms with Crippen molar-refractivity contribution in [2.45, 2.75) is 59.3 Å². The first-order valence-electron chi connectivity index (χ1n) is 6.29. The lowest BCUT2D eigenvalue weighted by Crippen LogP contribution is -2.24. The van der Waals surface area contributed by atoms with Crippen LogP contribution in [0.1, 0.15) is 59.3 Å². The molecule has 0 saturated heterocycles. The SMILES string of the molecule is CCCC1CCC(=O)C(CC=C(C)C)C1. The number of carbonyl (C=O) groups excluding carboxylic acids is 1. The van der Waals surface area contributed by atoms with E-state index in [4.69, 9.17) is 0 Å². The van der Waals surface area contributed by atoms with Crippen molar-refractivity contribution < 1.29 is 4.79 Å². The first-order valence-corrected chi connectivity index (χ1v) is 6.29. The Morgan fingerprint density at radius 2 is 2.20 bits per heavy atom. The largest absolute Gasteiger partial charge is 0.299 e. The summed E-state index contributed by atoms with van der Waals surface area (Å²) in [7, 11) is 0. The predicted molar refractivity (Wildman–Crippen MR) is 64.8 cm³/mol. The van der Waals surface area contributed by atoms with E-state index >= 15 is 0 Å². The van der Waals surface area contributed by atoms with Crippen LogP contribution < -0.4 is 0 Å². The third-order valence-electron chi connectivity index (χ3n) is 3.38. The average molecular weight is 208 g/mol. The van der Waals surface area contributed by atoms with E-state index in [0.717, 1.165) is 31.6 Å². The minimum atomic E-state index is 0.324. The summed E-state index contributed by atoms with van der Waals surface area (Å²) in [6.07, 6.45) is 8.85. The second-order valence-corrected chi connectivity index (χ2v) is 5.11. The molecule has 0 N–H and O–H groups in total. The fraction of sp³-hybridized carbons (Fsp3) is 0.786. The molecule has 1 rings (SSSR count). The van der Waals surface area contributed by atoms with E-state index in [2.05, 4.69) is 26.8 Å². The number of hydrogen-bond donors (Lipinski definition) is 0. The van der Waals surface area contributed by atoms with Crippen molar-refractivity contribution in [2.24, 2.45) is 11.8 Å². The Bertz CT molecular complexity index is 236. The quantitative estimate of drug-likeness (QED) is 0.635. The van der Waals surface area contributed by atoms with Crippen molar-refractivity contribution >= 4 is 5.78 Å². The summed E-state index contributed by atoms with van der Waals surface area (Å²) in [5.41, 5.74) is 1.33. The first kappa shape index (κ1) is 12.5. The summed E-state index contributed by atoms with van der Waals surface area (Å²) >= 11 is 0. The maximum absolute atomic E-state index is 11.7. The van der Waals surface area contributed by atoms with Gasteiger partial charge in [-0.2, -0.15) is 0 Å². The normalized spacial score (nSPS) is 26.5. The zero-order chi connectivity index (χ0) is 11.3. The molecule has 1 heteroatoms. The minimum Gasteiger partial charge on any atom is -0.299 e. The van der Waals surface area contributed by atoms with E-state index in [0.29, 0.717) is 11.7 Å². The van der Waals surface area contributed by atoms with Gasteiger partial charge in [0, 0.05) is 12.3 Å². The maximum Gasteiger partial charge on any atom is 0.136 e. The van der Waals surface area contributed by atoms with Crippen molar-refractivity contribution in [1.82, 2.24) is 0 Å². The van der Waals surface area contributed by atoms with Gasteiger partial charge in [-0.3, -0.25) is 4.79 Å². The predicted octanol–water partition coefficient (Wildman–Crippen LogP) is 4.13. The standard InChI is InChI=1S/C14H24O/c1-4-5-12-7-9-14(15)13(10-12)8-6-11(2)3/h6,12-13H,4-5,7-10H2,1-3H3. The van der Waals surface area contributed by atoms with E-state index in [-0.39, 0.29) is 0 Å². The summed E-state index contributed by atoms with van der Waals surface area (Å²) in [6.45, 7) is 6.45. The summed E-state index contributed by atoms with van der Waals surface area (Å²) in [4.78, 5) is 11.7. The van der Waals surface area contributed by atoms with E-state index < -0.39 is 0 Å². The van der Waals surface area contributed by atoms with Crippen LogP contribution in [0.5, 0.6) is 0 Å². The van der Waals surface area contributed by atoms with Gasteiger partial charge in [0.1, 0.15) is 5.78 Å². The molecular formula is C14H24O. The molecule has 1 nitrogen and oxygen atoms in total. The number of hydrogen-bond acceptors (Lipinski definition) is 1. The molecule has 15 heavy (non-hydrogen) atoms. The third-order valence-corrected chi connectivity index (χ3v) is 3.38. The van der Waals surface area contributed by atoms with Gasteiger partial charge in [-0.05, 0) is 39.0 Å². The highest BCUT2D eigenvalue weighted by atomic mass is 16.1. The van der Waals surface area contributed by atoms with Gasteiger partial charge in [0.25, 0.3) is 0 Å². The van der Waals surface area contributed by atoms with Crippen molar-refractivity contribution in [2.75, 3.05) is 0 Å². The van der Waals surface area contributed by atoms with Crippen LogP contribution in [0.2, 0.25) is 0 Å². The van der Waals surface area contributed by atoms with Crippen molar-refractivity contribution in [3.8, 4) is 0 Å². The second kappa shape index (κ2) is 6.09. The van der Waals surface area contributed by atoms with Crippen LogP contribution in [-0.2, 0) is 4.79 Å². The Morgan fingerprint density at radius 3 is 2.80 bits per heavy atom. The van der Waals surface area contributed by atoms with Crippen LogP contribution in [0.15, 0.2) is 11.6 Å². The number of allylic oxidation sites excluding steroid dienone is 2. The van der Waals surface area contributed by atoms with Crippen molar-refractivity contribution in [1.29, 1.82) is 0 Å². The zero-order valence-corrected chi connectivity index (χ0v) is 10.4. The van der Waals surface area contributed by atoms with Crippen LogP contribution in [0.25, 0.3) is 0 Å². The summed E-state index contributed by atoms with van der Waals surface area (Å²) in [5.74, 6) is 1.63. The highest BCUT2D eigenvalue weighted by Crippen LogP contribution is 2.31. The highest BCUT2D eigenvalue weighted by Gasteiger charge is 2.27. The van der Waals surface area contributed by atoms with Gasteiger partial charge in [-0.1, -0.05) is 31.4 Å². The maximum atomic E-state index is 11.7. The summed E-state index contributed by atoms with van der Waals surface area (Å²) < 4.78 is 0. The molecule has 1 aliphatic carbocycles. The zero-order valence-electron chi connectivity index (χ0n) is 10.4. The van der Waals surface area contributed by atoms with Gasteiger partial charge < -0.3 is 0 Å². The average Bonchev–Trinajstić information content (AvgIpc) is 2.19. The van der Waals surface area contributed by atoms with Crippen LogP contribution in [0.3, 0.4) is 0 Å². The molecule has 0 aromatic carbocycles. The van der Waals surface area contributed by atoms with Gasteiger partial charge in [0.05, 0.1) is 0 Å². The molecule has 0 spiro atoms. The van der Waals surface area contributed by atoms with Gasteiger partial charge in [0.15, 0.2) is 0 Å². The van der Waals surface area contributed by atoms with Gasteiger partial charge in [-0.25, -0.2) is 0 Å². The molecule has 86 valence electrons. The molecule has 1 fully saturated rings. The van der Waals surface area contributed by atoms with E-state index in [1.165, 1.54) is 18.4 Å². The molecule has 0 amide bonds. The lowest BCUT2D eigenvalue weighted by atomic mass is 9.77. The number of Topliss-reactive ketones (excluding diaryl/α,β-unsaturated/α-hetero) is 1. The van der Waals surface area contributed by atoms with E-state index in [1.807, 2.05) is 0 Å². The monoisotopic (exact) mass is 208 g/mol. The lowest BCUT2D eigenvalue weighted by molar-refractivity contribution is -0.125. The molecule has 2 unspecified atom stereocenters. The van der Waals surface area contributed by atoms with Crippen LogP contribution in [0.4, 0.5) is 0 Å². The van der Waals surface area contributed by atoms with E-state index in [1.54, 1.807) is 0 Å². The van der Waals surface area contributed by atoms with Crippen LogP contribution >= 0.6 is 0 Å². The van der Waals surface area contributed by atoms with Crippen molar-refractivity contribution in [3.05, 3.63) is 11.6 Å². The molecule has 1 saturated carbocycles. The molecule has 0 aromatic heterocycles. The fourth-order valence-corrected chi connectivity index (χ4v) is 2.48. The highest BCUT2D eigenvalue weighted by molar-refractivity contribution is 5.81. The Balaban J connectivity index is 2.46. The number of rotatable bonds is 4. The minimum absolute atomic E-state index is 0.324. The van der Waals surface area contributed by atoms with Crippen LogP contribution in [-0.4, -0.2) is 5.78 Å². The lowest BCUT2D eigenvalue weighted by Gasteiger charge is -2.27. The molecular weight excluding hydrogens is 184 g/mol. The molecule has 0 aliphatic heterocycles. The molecule has 0 radical (unpaired) electrons. The van der Waals surface area contributed by atoms with Crippen molar-refractivity contribution in [3.63, 3.8) is 0 Å². The first-order chi connectivity index (χ1) is 7.13. The fourth-order valence-electron chi connectivity index (χ4n) is 2.48. The molecule has 2 atom stereocenters. The third kappa shape index (κ3) is 4.19. The van der Waals surface area contributed by atoms with Crippen LogP contribution in [0, 0.1) is 11.8 Å². The van der Waals surface area contributed by atoms with Gasteiger partial charge >= 0.3 is 0 Å². The smallest absolute Gasteiger partial charge is 0.136 e. The Hall–Kier alpha value is -0.590. The Kier molecular flexibility index (Phi) is 5.07. The second-order valence-electron chi connectivity index (χ2n) is 5.11. The molecule has 0 aromatic rings. The Morgan fingerprint density at radius 1 is 1.47 bits per heavy atom. The van der Waals surface area contributed by atoms with Gasteiger partial charge in [-0.15, -0.1) is 0 Å². The molecule has 0 heterocycles. The number of carbonyl (C=O) groups is 1. The van der Waals surface area contributed by atoms with Gasteiger partial charge in [0.2, 0.25) is 0 Å². The summed E-state index contributed by atoms with van der Waals surface area (Å²) in [6, 6.07) is 0. The molecule has 1 aliphatic rings. The number of ketones is 1. The molecule has 0 bridgehead atoms. The summed E-state index contributed by atoms with van der Waals surface area (Å²) in [5, 5.41) is 0. The topological polar surface area (TPSA) is 17.1 Å². The Labute approximate surface area is 93.9 Å².